The number of hydrogen-bond donors (Lipinski definition) is 1. The second-order valence-electron chi connectivity index (χ2n) is 8.44. The molecule has 2 aliphatic heterocycles. The summed E-state index contributed by atoms with van der Waals surface area (Å²) in [4.78, 5) is 35.4. The Labute approximate surface area is 185 Å². The number of carbonyl (C=O) groups is 3. The first-order valence-corrected chi connectivity index (χ1v) is 11.1. The molecule has 2 heterocycles. The van der Waals surface area contributed by atoms with Gasteiger partial charge < -0.3 is 9.47 Å². The second kappa shape index (κ2) is 8.04. The summed E-state index contributed by atoms with van der Waals surface area (Å²) in [6, 6.07) is 7.54. The Hall–Kier alpha value is -2.80. The fourth-order valence-electron chi connectivity index (χ4n) is 3.96. The van der Waals surface area contributed by atoms with Crippen LogP contribution in [-0.4, -0.2) is 34.4 Å². The van der Waals surface area contributed by atoms with E-state index in [2.05, 4.69) is 11.9 Å². The van der Waals surface area contributed by atoms with E-state index in [0.717, 1.165) is 47.1 Å². The highest BCUT2D eigenvalue weighted by Gasteiger charge is 2.39. The number of ketones is 1. The van der Waals surface area contributed by atoms with Gasteiger partial charge in [0.05, 0.1) is 5.25 Å². The fourth-order valence-corrected chi connectivity index (χ4v) is 4.82. The zero-order chi connectivity index (χ0) is 22.3. The van der Waals surface area contributed by atoms with Crippen LogP contribution in [0.15, 0.2) is 58.9 Å². The van der Waals surface area contributed by atoms with E-state index in [1.54, 1.807) is 0 Å². The summed E-state index contributed by atoms with van der Waals surface area (Å²) in [5.74, 6) is 1.23. The molecule has 0 radical (unpaired) electrons. The lowest BCUT2D eigenvalue weighted by Crippen LogP contribution is -2.40. The highest BCUT2D eigenvalue weighted by Crippen LogP contribution is 2.42. The monoisotopic (exact) mass is 439 g/mol. The average Bonchev–Trinajstić information content (AvgIpc) is 3.06. The number of hydrogen-bond acceptors (Lipinski definition) is 6. The molecule has 0 aromatic heterocycles. The summed E-state index contributed by atoms with van der Waals surface area (Å²) in [6.07, 6.45) is 1.95. The van der Waals surface area contributed by atoms with Crippen molar-refractivity contribution in [3.63, 3.8) is 0 Å². The minimum atomic E-state index is -0.515. The van der Waals surface area contributed by atoms with Crippen molar-refractivity contribution in [2.24, 2.45) is 0 Å². The molecular weight excluding hydrogens is 414 g/mol. The van der Waals surface area contributed by atoms with E-state index >= 15 is 0 Å². The lowest BCUT2D eigenvalue weighted by atomic mass is 9.81. The van der Waals surface area contributed by atoms with Gasteiger partial charge in [-0.25, -0.2) is 0 Å². The van der Waals surface area contributed by atoms with Crippen molar-refractivity contribution in [1.29, 1.82) is 0 Å². The van der Waals surface area contributed by atoms with Crippen LogP contribution in [0, 0.1) is 0 Å². The van der Waals surface area contributed by atoms with Crippen LogP contribution in [-0.2, 0) is 20.7 Å². The molecular formula is C24H25NO5S. The van der Waals surface area contributed by atoms with Crippen molar-refractivity contribution in [1.82, 2.24) is 5.32 Å². The largest absolute Gasteiger partial charge is 0.489 e. The third kappa shape index (κ3) is 4.19. The minimum absolute atomic E-state index is 0.00218. The van der Waals surface area contributed by atoms with E-state index in [0.29, 0.717) is 29.9 Å². The molecule has 0 saturated carbocycles. The number of nitrogens with one attached hydrogen (secondary N) is 1. The Bertz CT molecular complexity index is 1050. The molecule has 0 bridgehead atoms. The zero-order valence-corrected chi connectivity index (χ0v) is 18.7. The van der Waals surface area contributed by atoms with Gasteiger partial charge in [0.15, 0.2) is 5.78 Å². The predicted molar refractivity (Wildman–Crippen MR) is 119 cm³/mol. The van der Waals surface area contributed by atoms with E-state index in [9.17, 15) is 14.4 Å². The number of imide groups is 1. The maximum atomic E-state index is 12.3. The Morgan fingerprint density at radius 2 is 1.90 bits per heavy atom. The van der Waals surface area contributed by atoms with Crippen molar-refractivity contribution in [2.75, 3.05) is 6.61 Å². The number of benzene rings is 1. The van der Waals surface area contributed by atoms with Crippen LogP contribution < -0.4 is 10.1 Å². The molecule has 7 heteroatoms. The average molecular weight is 440 g/mol. The number of ether oxygens (including phenoxy) is 2. The molecule has 1 fully saturated rings. The van der Waals surface area contributed by atoms with E-state index in [4.69, 9.17) is 9.47 Å². The number of allylic oxidation sites excluding steroid dienone is 4. The van der Waals surface area contributed by atoms with Crippen molar-refractivity contribution in [2.45, 2.75) is 50.9 Å². The fraction of sp³-hybridized carbons (Fsp3) is 0.375. The number of Topliss-reactive ketones (excluding diaryl/α,β-unsaturated/α-hetero) is 1. The Morgan fingerprint density at radius 3 is 2.55 bits per heavy atom. The van der Waals surface area contributed by atoms with Crippen molar-refractivity contribution in [3.8, 4) is 5.75 Å². The molecule has 1 aromatic rings. The van der Waals surface area contributed by atoms with Crippen molar-refractivity contribution >= 4 is 28.7 Å². The number of carbonyl (C=O) groups excluding carboxylic acids is 3. The maximum absolute atomic E-state index is 12.3. The molecule has 2 atom stereocenters. The maximum Gasteiger partial charge on any atom is 0.286 e. The van der Waals surface area contributed by atoms with Gasteiger partial charge >= 0.3 is 0 Å². The Morgan fingerprint density at radius 1 is 1.19 bits per heavy atom. The lowest BCUT2D eigenvalue weighted by molar-refractivity contribution is -0.119. The summed E-state index contributed by atoms with van der Waals surface area (Å²) in [5, 5.41) is 1.63. The van der Waals surface area contributed by atoms with Gasteiger partial charge in [0, 0.05) is 16.7 Å². The number of thioether (sulfide) groups is 1. The highest BCUT2D eigenvalue weighted by molar-refractivity contribution is 8.15. The molecule has 6 nitrogen and oxygen atoms in total. The quantitative estimate of drug-likeness (QED) is 0.691. The summed E-state index contributed by atoms with van der Waals surface area (Å²) in [7, 11) is 0. The zero-order valence-electron chi connectivity index (χ0n) is 17.9. The van der Waals surface area contributed by atoms with Crippen molar-refractivity contribution in [3.05, 3.63) is 64.5 Å². The molecule has 2 unspecified atom stereocenters. The SMILES string of the molecule is C=C1C(=O)C(C)=C(C)C2=C1CCC(C)(COc1ccc(CC3SC(=O)NC3=O)cc1)O2. The predicted octanol–water partition coefficient (Wildman–Crippen LogP) is 4.26. The highest BCUT2D eigenvalue weighted by atomic mass is 32.2. The molecule has 1 N–H and O–H groups in total. The molecule has 2 amide bonds. The van der Waals surface area contributed by atoms with Crippen LogP contribution in [0.2, 0.25) is 0 Å². The van der Waals surface area contributed by atoms with Gasteiger partial charge in [-0.15, -0.1) is 0 Å². The number of rotatable bonds is 5. The van der Waals surface area contributed by atoms with Crippen LogP contribution in [0.5, 0.6) is 5.75 Å². The standard InChI is InChI=1S/C24H25NO5S/c1-13-14(2)21-18(15(3)20(13)26)9-10-24(4,30-21)12-29-17-7-5-16(6-8-17)11-19-22(27)25-23(28)31-19/h5-8,19H,3,9-12H2,1-2,4H3,(H,25,27,28). The van der Waals surface area contributed by atoms with Gasteiger partial charge in [0.1, 0.15) is 23.7 Å². The smallest absolute Gasteiger partial charge is 0.286 e. The van der Waals surface area contributed by atoms with Crippen LogP contribution in [0.1, 0.15) is 39.2 Å². The van der Waals surface area contributed by atoms with Crippen LogP contribution in [0.3, 0.4) is 0 Å². The first kappa shape index (κ1) is 21.4. The summed E-state index contributed by atoms with van der Waals surface area (Å²) < 4.78 is 12.3. The lowest BCUT2D eigenvalue weighted by Gasteiger charge is -2.39. The Balaban J connectivity index is 1.39. The van der Waals surface area contributed by atoms with Gasteiger partial charge in [-0.05, 0) is 63.3 Å². The van der Waals surface area contributed by atoms with Gasteiger partial charge in [-0.2, -0.15) is 0 Å². The van der Waals surface area contributed by atoms with Crippen molar-refractivity contribution < 1.29 is 23.9 Å². The third-order valence-corrected chi connectivity index (χ3v) is 7.05. The molecule has 1 saturated heterocycles. The molecule has 31 heavy (non-hydrogen) atoms. The third-order valence-electron chi connectivity index (χ3n) is 6.06. The van der Waals surface area contributed by atoms with E-state index in [1.807, 2.05) is 45.0 Å². The Kier molecular flexibility index (Phi) is 5.56. The van der Waals surface area contributed by atoms with Gasteiger partial charge in [-0.3, -0.25) is 19.7 Å². The normalized spacial score (nSPS) is 26.1. The molecule has 3 aliphatic rings. The summed E-state index contributed by atoms with van der Waals surface area (Å²) in [6.45, 7) is 10.1. The van der Waals surface area contributed by atoms with Gasteiger partial charge in [0.2, 0.25) is 5.91 Å². The van der Waals surface area contributed by atoms with Crippen LogP contribution >= 0.6 is 11.8 Å². The van der Waals surface area contributed by atoms with E-state index in [-0.39, 0.29) is 22.2 Å². The van der Waals surface area contributed by atoms with Gasteiger partial charge in [0.25, 0.3) is 5.24 Å². The van der Waals surface area contributed by atoms with Crippen LogP contribution in [0.4, 0.5) is 4.79 Å². The topological polar surface area (TPSA) is 81.7 Å². The molecule has 1 aromatic carbocycles. The van der Waals surface area contributed by atoms with E-state index in [1.165, 1.54) is 0 Å². The summed E-state index contributed by atoms with van der Waals surface area (Å²) in [5.41, 5.74) is 3.44. The van der Waals surface area contributed by atoms with Gasteiger partial charge in [-0.1, -0.05) is 30.5 Å². The first-order chi connectivity index (χ1) is 14.7. The first-order valence-electron chi connectivity index (χ1n) is 10.2. The second-order valence-corrected chi connectivity index (χ2v) is 9.61. The molecule has 4 rings (SSSR count). The van der Waals surface area contributed by atoms with E-state index < -0.39 is 5.60 Å². The minimum Gasteiger partial charge on any atom is -0.489 e. The molecule has 162 valence electrons. The summed E-state index contributed by atoms with van der Waals surface area (Å²) >= 11 is 1.03. The van der Waals surface area contributed by atoms with Crippen LogP contribution in [0.25, 0.3) is 0 Å². The molecule has 0 spiro atoms. The molecule has 1 aliphatic carbocycles. The number of amides is 2.